The summed E-state index contributed by atoms with van der Waals surface area (Å²) in [5, 5.41) is 4.84. The second-order valence-corrected chi connectivity index (χ2v) is 5.48. The van der Waals surface area contributed by atoms with E-state index in [0.717, 1.165) is 13.3 Å². The summed E-state index contributed by atoms with van der Waals surface area (Å²) in [6.07, 6.45) is 5.37. The molecule has 0 aliphatic heterocycles. The Labute approximate surface area is 148 Å². The zero-order valence-corrected chi connectivity index (χ0v) is 14.2. The van der Waals surface area contributed by atoms with Gasteiger partial charge < -0.3 is 10.1 Å². The Hall–Kier alpha value is -2.91. The van der Waals surface area contributed by atoms with E-state index in [1.165, 1.54) is 0 Å². The van der Waals surface area contributed by atoms with Gasteiger partial charge in [-0.1, -0.05) is 18.2 Å². The van der Waals surface area contributed by atoms with Gasteiger partial charge in [-0.05, 0) is 25.5 Å². The zero-order valence-electron chi connectivity index (χ0n) is 14.2. The van der Waals surface area contributed by atoms with E-state index in [-0.39, 0.29) is 12.6 Å². The SMILES string of the molecule is CC(=O)Nc1nc(NC(C)COC2=CC=CCC=C2)nc(C(F)(F)F)n1. The molecule has 0 bridgehead atoms. The zero-order chi connectivity index (χ0) is 19.2. The average Bonchev–Trinajstić information content (AvgIpc) is 2.80. The number of anilines is 2. The second-order valence-electron chi connectivity index (χ2n) is 5.48. The van der Waals surface area contributed by atoms with E-state index in [4.69, 9.17) is 4.74 Å². The predicted molar refractivity (Wildman–Crippen MR) is 89.1 cm³/mol. The van der Waals surface area contributed by atoms with Crippen molar-refractivity contribution in [1.82, 2.24) is 15.0 Å². The van der Waals surface area contributed by atoms with Crippen LogP contribution in [0.5, 0.6) is 0 Å². The number of nitrogens with zero attached hydrogens (tertiary/aromatic N) is 3. The van der Waals surface area contributed by atoms with E-state index in [9.17, 15) is 18.0 Å². The molecule has 1 heterocycles. The van der Waals surface area contributed by atoms with Crippen LogP contribution in [0.15, 0.2) is 36.1 Å². The summed E-state index contributed by atoms with van der Waals surface area (Å²) in [6, 6.07) is -0.398. The molecule has 10 heteroatoms. The Morgan fingerprint density at radius 1 is 1.27 bits per heavy atom. The van der Waals surface area contributed by atoms with Gasteiger partial charge in [0, 0.05) is 6.92 Å². The number of allylic oxidation sites excluding steroid dienone is 5. The van der Waals surface area contributed by atoms with Crippen LogP contribution in [-0.4, -0.2) is 33.5 Å². The molecule has 26 heavy (non-hydrogen) atoms. The van der Waals surface area contributed by atoms with Crippen molar-refractivity contribution >= 4 is 17.8 Å². The van der Waals surface area contributed by atoms with Crippen LogP contribution in [0.1, 0.15) is 26.1 Å². The highest BCUT2D eigenvalue weighted by Crippen LogP contribution is 2.27. The number of amides is 1. The summed E-state index contributed by atoms with van der Waals surface area (Å²) in [7, 11) is 0. The standard InChI is InChI=1S/C16H18F3N5O2/c1-10(9-26-12-7-5-3-4-6-8-12)20-14-22-13(16(17,18)19)23-15(24-14)21-11(2)25/h3,5-8,10H,4,9H2,1-2H3,(H2,20,21,22,23,24,25). The van der Waals surface area contributed by atoms with E-state index in [1.54, 1.807) is 13.0 Å². The number of hydrogen-bond acceptors (Lipinski definition) is 6. The lowest BCUT2D eigenvalue weighted by molar-refractivity contribution is -0.145. The maximum absolute atomic E-state index is 12.9. The van der Waals surface area contributed by atoms with Crippen molar-refractivity contribution in [2.45, 2.75) is 32.5 Å². The molecule has 1 amide bonds. The highest BCUT2D eigenvalue weighted by atomic mass is 19.4. The Balaban J connectivity index is 2.07. The van der Waals surface area contributed by atoms with Gasteiger partial charge in [0.25, 0.3) is 0 Å². The number of alkyl halides is 3. The normalized spacial score (nSPS) is 15.0. The van der Waals surface area contributed by atoms with E-state index in [1.807, 2.05) is 24.3 Å². The number of nitrogens with one attached hydrogen (secondary N) is 2. The topological polar surface area (TPSA) is 89.0 Å². The summed E-state index contributed by atoms with van der Waals surface area (Å²) in [6.45, 7) is 3.02. The maximum atomic E-state index is 12.9. The van der Waals surface area contributed by atoms with Crippen LogP contribution in [-0.2, 0) is 15.7 Å². The molecule has 0 radical (unpaired) electrons. The van der Waals surface area contributed by atoms with Crippen LogP contribution in [0.4, 0.5) is 25.1 Å². The number of aromatic nitrogens is 3. The molecular formula is C16H18F3N5O2. The summed E-state index contributed by atoms with van der Waals surface area (Å²) >= 11 is 0. The molecule has 1 aliphatic rings. The second kappa shape index (κ2) is 8.45. The molecule has 0 saturated heterocycles. The molecule has 7 nitrogen and oxygen atoms in total. The molecule has 0 saturated carbocycles. The Bertz CT molecular complexity index is 744. The molecule has 0 aromatic carbocycles. The fourth-order valence-electron chi connectivity index (χ4n) is 1.92. The van der Waals surface area contributed by atoms with E-state index in [0.29, 0.717) is 5.76 Å². The summed E-state index contributed by atoms with van der Waals surface area (Å²) < 4.78 is 44.3. The van der Waals surface area contributed by atoms with Crippen molar-refractivity contribution in [3.8, 4) is 0 Å². The quantitative estimate of drug-likeness (QED) is 0.801. The minimum Gasteiger partial charge on any atom is -0.491 e. The fraction of sp³-hybridized carbons (Fsp3) is 0.375. The van der Waals surface area contributed by atoms with Crippen molar-refractivity contribution in [3.63, 3.8) is 0 Å². The van der Waals surface area contributed by atoms with Gasteiger partial charge in [0.05, 0.1) is 6.04 Å². The molecule has 0 spiro atoms. The third kappa shape index (κ3) is 6.19. The van der Waals surface area contributed by atoms with Gasteiger partial charge in [0.2, 0.25) is 23.6 Å². The number of carbonyl (C=O) groups excluding carboxylic acids is 1. The number of rotatable bonds is 6. The predicted octanol–water partition coefficient (Wildman–Crippen LogP) is 3.07. The first-order valence-corrected chi connectivity index (χ1v) is 7.77. The molecule has 1 aliphatic carbocycles. The van der Waals surface area contributed by atoms with Gasteiger partial charge in [-0.3, -0.25) is 10.1 Å². The van der Waals surface area contributed by atoms with Gasteiger partial charge in [0.15, 0.2) is 0 Å². The van der Waals surface area contributed by atoms with Crippen molar-refractivity contribution in [2.75, 3.05) is 17.2 Å². The number of halogens is 3. The molecule has 140 valence electrons. The molecule has 0 fully saturated rings. The summed E-state index contributed by atoms with van der Waals surface area (Å²) in [4.78, 5) is 21.4. The van der Waals surface area contributed by atoms with Gasteiger partial charge in [0.1, 0.15) is 12.4 Å². The van der Waals surface area contributed by atoms with Crippen molar-refractivity contribution in [3.05, 3.63) is 42.0 Å². The maximum Gasteiger partial charge on any atom is 0.451 e. The van der Waals surface area contributed by atoms with Gasteiger partial charge in [-0.2, -0.15) is 28.1 Å². The Morgan fingerprint density at radius 2 is 2.00 bits per heavy atom. The monoisotopic (exact) mass is 369 g/mol. The van der Waals surface area contributed by atoms with Gasteiger partial charge in [-0.25, -0.2) is 0 Å². The van der Waals surface area contributed by atoms with E-state index >= 15 is 0 Å². The van der Waals surface area contributed by atoms with Crippen LogP contribution in [0.2, 0.25) is 0 Å². The van der Waals surface area contributed by atoms with Crippen molar-refractivity contribution < 1.29 is 22.7 Å². The Morgan fingerprint density at radius 3 is 2.69 bits per heavy atom. The lowest BCUT2D eigenvalue weighted by atomic mass is 10.3. The molecular weight excluding hydrogens is 351 g/mol. The van der Waals surface area contributed by atoms with Crippen molar-refractivity contribution in [1.29, 1.82) is 0 Å². The number of hydrogen-bond donors (Lipinski definition) is 2. The molecule has 1 aromatic heterocycles. The molecule has 1 unspecified atom stereocenters. The highest BCUT2D eigenvalue weighted by molar-refractivity contribution is 5.86. The third-order valence-electron chi connectivity index (χ3n) is 3.00. The minimum absolute atomic E-state index is 0.173. The van der Waals surface area contributed by atoms with Crippen LogP contribution in [0.3, 0.4) is 0 Å². The Kier molecular flexibility index (Phi) is 6.31. The van der Waals surface area contributed by atoms with Crippen molar-refractivity contribution in [2.24, 2.45) is 0 Å². The van der Waals surface area contributed by atoms with Crippen LogP contribution in [0.25, 0.3) is 0 Å². The highest BCUT2D eigenvalue weighted by Gasteiger charge is 2.36. The van der Waals surface area contributed by atoms with Crippen LogP contribution < -0.4 is 10.6 Å². The molecule has 2 N–H and O–H groups in total. The first-order chi connectivity index (χ1) is 12.2. The first kappa shape index (κ1) is 19.4. The fourth-order valence-corrected chi connectivity index (χ4v) is 1.92. The van der Waals surface area contributed by atoms with Crippen LogP contribution >= 0.6 is 0 Å². The summed E-state index contributed by atoms with van der Waals surface area (Å²) in [5.74, 6) is -2.14. The number of carbonyl (C=O) groups is 1. The third-order valence-corrected chi connectivity index (χ3v) is 3.00. The molecule has 1 aromatic rings. The van der Waals surface area contributed by atoms with E-state index < -0.39 is 29.9 Å². The largest absolute Gasteiger partial charge is 0.491 e. The lowest BCUT2D eigenvalue weighted by Crippen LogP contribution is -2.25. The minimum atomic E-state index is -4.77. The molecule has 1 atom stereocenters. The van der Waals surface area contributed by atoms with Gasteiger partial charge >= 0.3 is 6.18 Å². The first-order valence-electron chi connectivity index (χ1n) is 7.77. The van der Waals surface area contributed by atoms with Crippen LogP contribution in [0, 0.1) is 0 Å². The smallest absolute Gasteiger partial charge is 0.451 e. The summed E-state index contributed by atoms with van der Waals surface area (Å²) in [5.41, 5.74) is 0. The van der Waals surface area contributed by atoms with Gasteiger partial charge in [-0.15, -0.1) is 0 Å². The lowest BCUT2D eigenvalue weighted by Gasteiger charge is -2.16. The van der Waals surface area contributed by atoms with E-state index in [2.05, 4.69) is 25.6 Å². The average molecular weight is 369 g/mol. The molecule has 2 rings (SSSR count). The number of ether oxygens (including phenoxy) is 1.